The quantitative estimate of drug-likeness (QED) is 0.820. The molecule has 3 rings (SSSR count). The third-order valence-corrected chi connectivity index (χ3v) is 3.25. The molecule has 0 amide bonds. The maximum Gasteiger partial charge on any atom is 0.211 e. The molecule has 0 atom stereocenters. The predicted molar refractivity (Wildman–Crippen MR) is 74.3 cm³/mol. The number of Topliss-reactive ketones (excluding diaryl/α,β-unsaturated/α-hetero) is 1. The van der Waals surface area contributed by atoms with Gasteiger partial charge in [0.25, 0.3) is 0 Å². The van der Waals surface area contributed by atoms with E-state index in [-0.39, 0.29) is 5.78 Å². The van der Waals surface area contributed by atoms with E-state index < -0.39 is 0 Å². The molecule has 1 N–H and O–H groups in total. The molecule has 0 bridgehead atoms. The van der Waals surface area contributed by atoms with Crippen LogP contribution in [0.4, 0.5) is 5.69 Å². The molecule has 0 radical (unpaired) electrons. The second-order valence-electron chi connectivity index (χ2n) is 3.98. The lowest BCUT2D eigenvalue weighted by molar-refractivity contribution is 0.104. The summed E-state index contributed by atoms with van der Waals surface area (Å²) in [6.45, 7) is 0. The van der Waals surface area contributed by atoms with Crippen molar-refractivity contribution in [3.63, 3.8) is 0 Å². The van der Waals surface area contributed by atoms with Crippen LogP contribution < -0.4 is 5.32 Å². The zero-order valence-corrected chi connectivity index (χ0v) is 10.9. The molecule has 4 heteroatoms. The van der Waals surface area contributed by atoms with Gasteiger partial charge in [0.1, 0.15) is 0 Å². The lowest BCUT2D eigenvalue weighted by Gasteiger charge is -1.98. The van der Waals surface area contributed by atoms with Crippen molar-refractivity contribution in [2.24, 2.45) is 0 Å². The largest absolute Gasteiger partial charge is 0.352 e. The highest BCUT2D eigenvalue weighted by atomic mass is 79.9. The van der Waals surface area contributed by atoms with Crippen LogP contribution >= 0.6 is 15.9 Å². The van der Waals surface area contributed by atoms with Gasteiger partial charge in [-0.2, -0.15) is 0 Å². The van der Waals surface area contributed by atoms with Crippen LogP contribution in [0.2, 0.25) is 0 Å². The lowest BCUT2D eigenvalue weighted by atomic mass is 10.1. The highest BCUT2D eigenvalue weighted by Crippen LogP contribution is 2.31. The van der Waals surface area contributed by atoms with Crippen LogP contribution in [0.15, 0.2) is 52.9 Å². The first kappa shape index (κ1) is 11.2. The molecule has 1 aliphatic rings. The molecule has 2 heterocycles. The zero-order chi connectivity index (χ0) is 12.5. The van der Waals surface area contributed by atoms with Crippen molar-refractivity contribution in [3.8, 4) is 0 Å². The molecule has 1 aromatic carbocycles. The minimum atomic E-state index is 0.0168. The number of rotatable bonds is 1. The summed E-state index contributed by atoms with van der Waals surface area (Å²) < 4.78 is 0.904. The SMILES string of the molecule is O=C1C(=Cc2ccncc2)Nc2ccc(Br)cc21. The maximum absolute atomic E-state index is 12.2. The van der Waals surface area contributed by atoms with Crippen molar-refractivity contribution < 1.29 is 4.79 Å². The van der Waals surface area contributed by atoms with Gasteiger partial charge >= 0.3 is 0 Å². The van der Waals surface area contributed by atoms with Gasteiger partial charge in [-0.25, -0.2) is 0 Å². The normalized spacial score (nSPS) is 15.6. The van der Waals surface area contributed by atoms with E-state index in [9.17, 15) is 4.79 Å². The van der Waals surface area contributed by atoms with E-state index in [0.29, 0.717) is 11.3 Å². The van der Waals surface area contributed by atoms with Gasteiger partial charge in [-0.15, -0.1) is 0 Å². The number of anilines is 1. The number of hydrogen-bond donors (Lipinski definition) is 1. The van der Waals surface area contributed by atoms with E-state index in [2.05, 4.69) is 26.2 Å². The zero-order valence-electron chi connectivity index (χ0n) is 9.35. The second-order valence-corrected chi connectivity index (χ2v) is 4.90. The molecule has 1 aliphatic heterocycles. The fourth-order valence-electron chi connectivity index (χ4n) is 1.89. The summed E-state index contributed by atoms with van der Waals surface area (Å²) in [4.78, 5) is 16.1. The maximum atomic E-state index is 12.2. The number of aromatic nitrogens is 1. The van der Waals surface area contributed by atoms with Crippen molar-refractivity contribution in [2.45, 2.75) is 0 Å². The first-order chi connectivity index (χ1) is 8.74. The number of nitrogens with zero attached hydrogens (tertiary/aromatic N) is 1. The van der Waals surface area contributed by atoms with Gasteiger partial charge < -0.3 is 5.32 Å². The molecule has 1 aromatic heterocycles. The van der Waals surface area contributed by atoms with Crippen LogP contribution in [-0.2, 0) is 0 Å². The standard InChI is InChI=1S/C14H9BrN2O/c15-10-1-2-12-11(8-10)14(18)13(17-12)7-9-3-5-16-6-4-9/h1-8,17H. The van der Waals surface area contributed by atoms with Crippen LogP contribution in [0, 0.1) is 0 Å². The van der Waals surface area contributed by atoms with Crippen molar-refractivity contribution >= 4 is 33.5 Å². The van der Waals surface area contributed by atoms with E-state index in [1.165, 1.54) is 0 Å². The Labute approximate surface area is 113 Å². The Morgan fingerprint density at radius 3 is 2.72 bits per heavy atom. The van der Waals surface area contributed by atoms with Gasteiger partial charge in [-0.3, -0.25) is 9.78 Å². The number of hydrogen-bond acceptors (Lipinski definition) is 3. The first-order valence-electron chi connectivity index (χ1n) is 5.47. The summed E-state index contributed by atoms with van der Waals surface area (Å²) in [5, 5.41) is 3.13. The average molecular weight is 301 g/mol. The van der Waals surface area contributed by atoms with E-state index in [0.717, 1.165) is 15.7 Å². The summed E-state index contributed by atoms with van der Waals surface area (Å²) in [5.74, 6) is 0.0168. The van der Waals surface area contributed by atoms with E-state index in [1.807, 2.05) is 36.4 Å². The molecule has 0 saturated carbocycles. The average Bonchev–Trinajstić information content (AvgIpc) is 2.68. The molecule has 18 heavy (non-hydrogen) atoms. The smallest absolute Gasteiger partial charge is 0.211 e. The summed E-state index contributed by atoms with van der Waals surface area (Å²) >= 11 is 3.37. The number of halogens is 1. The highest BCUT2D eigenvalue weighted by Gasteiger charge is 2.24. The van der Waals surface area contributed by atoms with Crippen LogP contribution in [0.1, 0.15) is 15.9 Å². The number of ketones is 1. The van der Waals surface area contributed by atoms with Crippen LogP contribution in [-0.4, -0.2) is 10.8 Å². The van der Waals surface area contributed by atoms with Crippen LogP contribution in [0.5, 0.6) is 0 Å². The number of carbonyl (C=O) groups excluding carboxylic acids is 1. The fourth-order valence-corrected chi connectivity index (χ4v) is 2.25. The second kappa shape index (κ2) is 4.38. The Bertz CT molecular complexity index is 650. The molecular formula is C14H9BrN2O. The van der Waals surface area contributed by atoms with E-state index >= 15 is 0 Å². The van der Waals surface area contributed by atoms with Gasteiger partial charge in [0, 0.05) is 28.1 Å². The van der Waals surface area contributed by atoms with Gasteiger partial charge in [0.2, 0.25) is 5.78 Å². The Hall–Kier alpha value is -1.94. The third kappa shape index (κ3) is 1.95. The Morgan fingerprint density at radius 2 is 1.94 bits per heavy atom. The lowest BCUT2D eigenvalue weighted by Crippen LogP contribution is -1.99. The monoisotopic (exact) mass is 300 g/mol. The minimum absolute atomic E-state index is 0.0168. The number of nitrogens with one attached hydrogen (secondary N) is 1. The van der Waals surface area contributed by atoms with Gasteiger partial charge in [0.15, 0.2) is 0 Å². The Kier molecular flexibility index (Phi) is 2.72. The summed E-state index contributed by atoms with van der Waals surface area (Å²) in [6.07, 6.45) is 5.24. The Balaban J connectivity index is 2.00. The van der Waals surface area contributed by atoms with Crippen molar-refractivity contribution in [1.82, 2.24) is 4.98 Å². The molecule has 0 aliphatic carbocycles. The number of carbonyl (C=O) groups is 1. The van der Waals surface area contributed by atoms with E-state index in [1.54, 1.807) is 12.4 Å². The first-order valence-corrected chi connectivity index (χ1v) is 6.26. The van der Waals surface area contributed by atoms with Gasteiger partial charge in [-0.05, 0) is 42.0 Å². The summed E-state index contributed by atoms with van der Waals surface area (Å²) in [7, 11) is 0. The molecule has 3 nitrogen and oxygen atoms in total. The number of fused-ring (bicyclic) bond motifs is 1. The van der Waals surface area contributed by atoms with E-state index in [4.69, 9.17) is 0 Å². The molecule has 0 unspecified atom stereocenters. The summed E-state index contributed by atoms with van der Waals surface area (Å²) in [5.41, 5.74) is 3.09. The fraction of sp³-hybridized carbons (Fsp3) is 0. The molecule has 88 valence electrons. The van der Waals surface area contributed by atoms with Crippen molar-refractivity contribution in [3.05, 3.63) is 64.0 Å². The van der Waals surface area contributed by atoms with Crippen LogP contribution in [0.3, 0.4) is 0 Å². The van der Waals surface area contributed by atoms with Crippen molar-refractivity contribution in [2.75, 3.05) is 5.32 Å². The highest BCUT2D eigenvalue weighted by molar-refractivity contribution is 9.10. The van der Waals surface area contributed by atoms with Crippen LogP contribution in [0.25, 0.3) is 6.08 Å². The summed E-state index contributed by atoms with van der Waals surface area (Å²) in [6, 6.07) is 9.36. The number of allylic oxidation sites excluding steroid dienone is 1. The molecule has 0 spiro atoms. The topological polar surface area (TPSA) is 42.0 Å². The molecule has 0 fully saturated rings. The molecule has 2 aromatic rings. The Morgan fingerprint density at radius 1 is 1.17 bits per heavy atom. The number of pyridine rings is 1. The molecule has 0 saturated heterocycles. The third-order valence-electron chi connectivity index (χ3n) is 2.76. The predicted octanol–water partition coefficient (Wildman–Crippen LogP) is 3.49. The number of benzene rings is 1. The van der Waals surface area contributed by atoms with Crippen molar-refractivity contribution in [1.29, 1.82) is 0 Å². The van der Waals surface area contributed by atoms with Gasteiger partial charge in [0.05, 0.1) is 5.70 Å². The molecular weight excluding hydrogens is 292 g/mol. The minimum Gasteiger partial charge on any atom is -0.352 e. The van der Waals surface area contributed by atoms with Gasteiger partial charge in [-0.1, -0.05) is 15.9 Å².